The summed E-state index contributed by atoms with van der Waals surface area (Å²) in [5, 5.41) is 7.82. The molecule has 0 fully saturated rings. The van der Waals surface area contributed by atoms with Gasteiger partial charge in [0.25, 0.3) is 0 Å². The van der Waals surface area contributed by atoms with Crippen molar-refractivity contribution in [3.05, 3.63) is 28.5 Å². The lowest BCUT2D eigenvalue weighted by Gasteiger charge is -2.08. The van der Waals surface area contributed by atoms with E-state index in [9.17, 15) is 13.2 Å². The molecule has 0 radical (unpaired) electrons. The Morgan fingerprint density at radius 3 is 2.57 bits per heavy atom. The van der Waals surface area contributed by atoms with E-state index in [0.29, 0.717) is 0 Å². The summed E-state index contributed by atoms with van der Waals surface area (Å²) >= 11 is 5.32. The van der Waals surface area contributed by atoms with Gasteiger partial charge in [-0.2, -0.15) is 18.4 Å². The molecule has 2 nitrogen and oxygen atoms in total. The second-order valence-corrected chi connectivity index (χ2v) is 2.87. The van der Waals surface area contributed by atoms with Gasteiger partial charge in [-0.25, -0.2) is 4.98 Å². The summed E-state index contributed by atoms with van der Waals surface area (Å²) in [6, 6.07) is 4.09. The number of hydrogen-bond acceptors (Lipinski definition) is 2. The molecule has 0 saturated heterocycles. The number of hydrogen-bond donors (Lipinski definition) is 0. The number of alkyl halides is 3. The second-order valence-electron chi connectivity index (χ2n) is 2.47. The van der Waals surface area contributed by atoms with Crippen LogP contribution in [-0.4, -0.2) is 4.98 Å². The maximum Gasteiger partial charge on any atom is 0.434 e. The molecule has 1 rings (SSSR count). The topological polar surface area (TPSA) is 36.7 Å². The average Bonchev–Trinajstić information content (AvgIpc) is 2.07. The van der Waals surface area contributed by atoms with Crippen LogP contribution in [0.15, 0.2) is 12.1 Å². The largest absolute Gasteiger partial charge is 0.434 e. The van der Waals surface area contributed by atoms with Crippen LogP contribution in [0.3, 0.4) is 0 Å². The molecular weight excluding hydrogens is 217 g/mol. The maximum atomic E-state index is 12.2. The first-order chi connectivity index (χ1) is 6.45. The van der Waals surface area contributed by atoms with E-state index < -0.39 is 16.9 Å². The Balaban J connectivity index is 3.17. The molecule has 1 aromatic heterocycles. The van der Waals surface area contributed by atoms with Gasteiger partial charge in [0.15, 0.2) is 5.69 Å². The summed E-state index contributed by atoms with van der Waals surface area (Å²) in [5.74, 6) is 0. The summed E-state index contributed by atoms with van der Waals surface area (Å²) in [6.45, 7) is 0. The zero-order chi connectivity index (χ0) is 10.8. The van der Waals surface area contributed by atoms with Crippen molar-refractivity contribution in [1.82, 2.24) is 4.98 Å². The lowest BCUT2D eigenvalue weighted by molar-refractivity contribution is -0.141. The average molecular weight is 221 g/mol. The van der Waals surface area contributed by atoms with Gasteiger partial charge in [-0.3, -0.25) is 0 Å². The van der Waals surface area contributed by atoms with E-state index in [0.717, 1.165) is 6.07 Å². The third-order valence-corrected chi connectivity index (χ3v) is 1.74. The van der Waals surface area contributed by atoms with Crippen molar-refractivity contribution in [1.29, 1.82) is 5.26 Å². The summed E-state index contributed by atoms with van der Waals surface area (Å²) in [7, 11) is 0. The van der Waals surface area contributed by atoms with Gasteiger partial charge in [0.05, 0.1) is 23.2 Å². The molecule has 1 aromatic rings. The van der Waals surface area contributed by atoms with Crippen molar-refractivity contribution in [3.8, 4) is 6.07 Å². The van der Waals surface area contributed by atoms with Crippen molar-refractivity contribution in [2.24, 2.45) is 0 Å². The Labute approximate surface area is 82.9 Å². The van der Waals surface area contributed by atoms with Crippen LogP contribution in [0.2, 0.25) is 5.02 Å². The third kappa shape index (κ3) is 2.36. The summed E-state index contributed by atoms with van der Waals surface area (Å²) in [4.78, 5) is 3.25. The lowest BCUT2D eigenvalue weighted by atomic mass is 10.2. The predicted octanol–water partition coefficient (Wildman–Crippen LogP) is 2.82. The fourth-order valence-electron chi connectivity index (χ4n) is 0.861. The molecule has 0 aliphatic carbocycles. The van der Waals surface area contributed by atoms with Gasteiger partial charge < -0.3 is 0 Å². The van der Waals surface area contributed by atoms with Crippen LogP contribution in [0, 0.1) is 11.3 Å². The highest BCUT2D eigenvalue weighted by Gasteiger charge is 2.35. The molecule has 0 unspecified atom stereocenters. The Morgan fingerprint density at radius 1 is 1.43 bits per heavy atom. The van der Waals surface area contributed by atoms with E-state index in [-0.39, 0.29) is 12.1 Å². The third-order valence-electron chi connectivity index (χ3n) is 1.43. The number of nitrogens with zero attached hydrogens (tertiary/aromatic N) is 2. The minimum Gasteiger partial charge on any atom is -0.246 e. The van der Waals surface area contributed by atoms with E-state index in [2.05, 4.69) is 4.98 Å². The highest BCUT2D eigenvalue weighted by Crippen LogP contribution is 2.32. The molecule has 1 heterocycles. The Bertz CT molecular complexity index is 381. The van der Waals surface area contributed by atoms with Crippen LogP contribution in [0.5, 0.6) is 0 Å². The fraction of sp³-hybridized carbons (Fsp3) is 0.250. The van der Waals surface area contributed by atoms with E-state index in [4.69, 9.17) is 16.9 Å². The normalized spacial score (nSPS) is 11.1. The molecule has 0 aromatic carbocycles. The molecular formula is C8H4ClF3N2. The number of aromatic nitrogens is 1. The van der Waals surface area contributed by atoms with Gasteiger partial charge in [0, 0.05) is 0 Å². The van der Waals surface area contributed by atoms with Crippen molar-refractivity contribution in [2.45, 2.75) is 12.6 Å². The SMILES string of the molecule is N#CCc1ccc(Cl)c(C(F)(F)F)n1. The maximum absolute atomic E-state index is 12.2. The minimum atomic E-state index is -4.58. The number of nitriles is 1. The molecule has 0 spiro atoms. The van der Waals surface area contributed by atoms with E-state index in [1.54, 1.807) is 6.07 Å². The van der Waals surface area contributed by atoms with Crippen LogP contribution in [0.25, 0.3) is 0 Å². The molecule has 0 saturated carbocycles. The van der Waals surface area contributed by atoms with Crippen molar-refractivity contribution in [3.63, 3.8) is 0 Å². The Kier molecular flexibility index (Phi) is 2.96. The number of halogens is 4. The molecule has 0 amide bonds. The van der Waals surface area contributed by atoms with Gasteiger partial charge >= 0.3 is 6.18 Å². The fourth-order valence-corrected chi connectivity index (χ4v) is 1.07. The molecule has 0 aliphatic heterocycles. The van der Waals surface area contributed by atoms with Gasteiger partial charge in [0.1, 0.15) is 0 Å². The first-order valence-electron chi connectivity index (χ1n) is 3.54. The Morgan fingerprint density at radius 2 is 2.07 bits per heavy atom. The molecule has 0 bridgehead atoms. The number of rotatable bonds is 1. The first-order valence-corrected chi connectivity index (χ1v) is 3.92. The van der Waals surface area contributed by atoms with Crippen molar-refractivity contribution < 1.29 is 13.2 Å². The smallest absolute Gasteiger partial charge is 0.246 e. The van der Waals surface area contributed by atoms with Crippen LogP contribution in [0.1, 0.15) is 11.4 Å². The predicted molar refractivity (Wildman–Crippen MR) is 43.6 cm³/mol. The van der Waals surface area contributed by atoms with E-state index in [1.807, 2.05) is 0 Å². The van der Waals surface area contributed by atoms with Gasteiger partial charge in [-0.05, 0) is 12.1 Å². The number of pyridine rings is 1. The molecule has 0 aliphatic rings. The molecule has 14 heavy (non-hydrogen) atoms. The van der Waals surface area contributed by atoms with Gasteiger partial charge in [-0.1, -0.05) is 11.6 Å². The van der Waals surface area contributed by atoms with Crippen molar-refractivity contribution in [2.75, 3.05) is 0 Å². The highest BCUT2D eigenvalue weighted by molar-refractivity contribution is 6.31. The lowest BCUT2D eigenvalue weighted by Crippen LogP contribution is -2.10. The second kappa shape index (κ2) is 3.84. The summed E-state index contributed by atoms with van der Waals surface area (Å²) in [6.07, 6.45) is -4.75. The molecule has 6 heteroatoms. The molecule has 74 valence electrons. The Hall–Kier alpha value is -1.28. The van der Waals surface area contributed by atoms with Crippen LogP contribution >= 0.6 is 11.6 Å². The summed E-state index contributed by atoms with van der Waals surface area (Å²) < 4.78 is 36.7. The zero-order valence-corrected chi connectivity index (χ0v) is 7.52. The summed E-state index contributed by atoms with van der Waals surface area (Å²) in [5.41, 5.74) is -1.09. The molecule has 0 N–H and O–H groups in total. The van der Waals surface area contributed by atoms with Crippen LogP contribution in [0.4, 0.5) is 13.2 Å². The van der Waals surface area contributed by atoms with Gasteiger partial charge in [0.2, 0.25) is 0 Å². The van der Waals surface area contributed by atoms with E-state index >= 15 is 0 Å². The molecule has 0 atom stereocenters. The van der Waals surface area contributed by atoms with Gasteiger partial charge in [-0.15, -0.1) is 0 Å². The van der Waals surface area contributed by atoms with Crippen LogP contribution in [-0.2, 0) is 12.6 Å². The minimum absolute atomic E-state index is 0.0595. The zero-order valence-electron chi connectivity index (χ0n) is 6.77. The first kappa shape index (κ1) is 10.8. The van der Waals surface area contributed by atoms with Crippen molar-refractivity contribution >= 4 is 11.6 Å². The van der Waals surface area contributed by atoms with E-state index in [1.165, 1.54) is 6.07 Å². The standard InChI is InChI=1S/C8H4ClF3N2/c9-6-2-1-5(3-4-13)14-7(6)8(10,11)12/h1-2H,3H2. The quantitative estimate of drug-likeness (QED) is 0.730. The highest BCUT2D eigenvalue weighted by atomic mass is 35.5. The van der Waals surface area contributed by atoms with Crippen LogP contribution < -0.4 is 0 Å². The monoisotopic (exact) mass is 220 g/mol.